The summed E-state index contributed by atoms with van der Waals surface area (Å²) in [6.07, 6.45) is 5.00. The van der Waals surface area contributed by atoms with E-state index in [9.17, 15) is 24.9 Å². The molecule has 0 fully saturated rings. The molecule has 2 amide bonds. The van der Waals surface area contributed by atoms with Crippen molar-refractivity contribution in [1.82, 2.24) is 10.2 Å². The summed E-state index contributed by atoms with van der Waals surface area (Å²) < 4.78 is 11.8. The molecular formula is C32H42N2O7. The fraction of sp³-hybridized carbons (Fsp3) is 0.500. The average Bonchev–Trinajstić information content (AvgIpc) is 3.39. The van der Waals surface area contributed by atoms with Crippen LogP contribution in [-0.4, -0.2) is 70.5 Å². The molecule has 0 radical (unpaired) electrons. The fourth-order valence-corrected chi connectivity index (χ4v) is 5.78. The van der Waals surface area contributed by atoms with Crippen molar-refractivity contribution >= 4 is 11.8 Å². The van der Waals surface area contributed by atoms with E-state index in [0.29, 0.717) is 34.6 Å². The van der Waals surface area contributed by atoms with Gasteiger partial charge in [0, 0.05) is 30.6 Å². The van der Waals surface area contributed by atoms with Gasteiger partial charge in [-0.25, -0.2) is 0 Å². The molecule has 9 nitrogen and oxygen atoms in total. The molecule has 1 aliphatic heterocycles. The predicted octanol–water partition coefficient (Wildman–Crippen LogP) is 3.20. The number of carbonyl (C=O) groups excluding carboxylic acids is 2. The van der Waals surface area contributed by atoms with Crippen molar-refractivity contribution in [2.45, 2.75) is 82.8 Å². The Morgan fingerprint density at radius 1 is 1.05 bits per heavy atom. The van der Waals surface area contributed by atoms with Crippen molar-refractivity contribution < 1.29 is 34.4 Å². The lowest BCUT2D eigenvalue weighted by Crippen LogP contribution is -2.55. The molecule has 2 aliphatic rings. The number of hydrogen-bond donors (Lipinski definition) is 4. The van der Waals surface area contributed by atoms with Gasteiger partial charge in [-0.1, -0.05) is 62.9 Å². The highest BCUT2D eigenvalue weighted by Gasteiger charge is 2.51. The highest BCUT2D eigenvalue weighted by molar-refractivity contribution is 5.96. The molecule has 0 spiro atoms. The van der Waals surface area contributed by atoms with Crippen molar-refractivity contribution in [2.75, 3.05) is 20.3 Å². The van der Waals surface area contributed by atoms with Gasteiger partial charge in [-0.15, -0.1) is 0 Å². The molecule has 0 bridgehead atoms. The third kappa shape index (κ3) is 6.92. The van der Waals surface area contributed by atoms with Crippen LogP contribution in [0.1, 0.15) is 68.1 Å². The van der Waals surface area contributed by atoms with E-state index in [0.717, 1.165) is 37.7 Å². The van der Waals surface area contributed by atoms with Crippen molar-refractivity contribution in [2.24, 2.45) is 0 Å². The first-order chi connectivity index (χ1) is 19.9. The van der Waals surface area contributed by atoms with Gasteiger partial charge in [0.15, 0.2) is 11.5 Å². The number of nitrogens with one attached hydrogen (secondary N) is 1. The van der Waals surface area contributed by atoms with E-state index < -0.39 is 30.1 Å². The molecule has 1 heterocycles. The van der Waals surface area contributed by atoms with Crippen LogP contribution in [0.25, 0.3) is 0 Å². The minimum absolute atomic E-state index is 0.0545. The Bertz CT molecular complexity index is 1220. The highest BCUT2D eigenvalue weighted by atomic mass is 16.5. The van der Waals surface area contributed by atoms with Crippen molar-refractivity contribution in [3.63, 3.8) is 0 Å². The zero-order chi connectivity index (χ0) is 29.4. The number of methoxy groups -OCH3 is 1. The predicted molar refractivity (Wildman–Crippen MR) is 154 cm³/mol. The molecule has 1 aliphatic carbocycles. The summed E-state index contributed by atoms with van der Waals surface area (Å²) in [7, 11) is 1.49. The number of amides is 2. The molecule has 4 atom stereocenters. The first kappa shape index (κ1) is 30.6. The normalized spacial score (nSPS) is 20.9. The zero-order valence-corrected chi connectivity index (χ0v) is 23.9. The Labute approximate surface area is 241 Å². The summed E-state index contributed by atoms with van der Waals surface area (Å²) in [5.41, 5.74) is 2.45. The topological polar surface area (TPSA) is 129 Å². The van der Waals surface area contributed by atoms with E-state index in [1.807, 2.05) is 30.3 Å². The third-order valence-corrected chi connectivity index (χ3v) is 7.86. The molecular weight excluding hydrogens is 524 g/mol. The van der Waals surface area contributed by atoms with Crippen LogP contribution in [0.15, 0.2) is 54.1 Å². The Morgan fingerprint density at radius 2 is 1.80 bits per heavy atom. The molecule has 4 unspecified atom stereocenters. The SMILES string of the molecule is CCCCCCCC(=O)N(Cc1ccccc1)C1C=C(C(=O)NCCO)C2c3cc(CO)cc(OC)c3OC2C1O. The number of aliphatic hydroxyl groups excluding tert-OH is 3. The number of unbranched alkanes of at least 4 members (excludes halogenated alkanes) is 4. The lowest BCUT2D eigenvalue weighted by Gasteiger charge is -2.41. The summed E-state index contributed by atoms with van der Waals surface area (Å²) in [5.74, 6) is -0.378. The van der Waals surface area contributed by atoms with Crippen molar-refractivity contribution in [1.29, 1.82) is 0 Å². The number of ether oxygens (including phenoxy) is 2. The maximum Gasteiger partial charge on any atom is 0.247 e. The molecule has 222 valence electrons. The first-order valence-electron chi connectivity index (χ1n) is 14.5. The van der Waals surface area contributed by atoms with E-state index in [4.69, 9.17) is 9.47 Å². The lowest BCUT2D eigenvalue weighted by atomic mass is 9.77. The molecule has 0 saturated heterocycles. The smallest absolute Gasteiger partial charge is 0.247 e. The lowest BCUT2D eigenvalue weighted by molar-refractivity contribution is -0.138. The minimum Gasteiger partial charge on any atom is -0.493 e. The van der Waals surface area contributed by atoms with E-state index in [2.05, 4.69) is 12.2 Å². The second kappa shape index (κ2) is 14.5. The van der Waals surface area contributed by atoms with Crippen LogP contribution in [0.4, 0.5) is 0 Å². The standard InChI is InChI=1S/C32H42N2O7/c1-3-4-5-6-10-13-27(37)34(19-21-11-8-7-9-12-21)25-18-24(32(39)33-14-15-35)28-23-16-22(20-36)17-26(40-2)30(23)41-31(28)29(25)38/h7-9,11-12,16-18,25,28-29,31,35-36,38H,3-6,10,13-15,19-20H2,1-2H3,(H,33,39). The van der Waals surface area contributed by atoms with Gasteiger partial charge in [0.1, 0.15) is 12.2 Å². The number of fused-ring (bicyclic) bond motifs is 3. The van der Waals surface area contributed by atoms with E-state index in [1.54, 1.807) is 23.1 Å². The molecule has 41 heavy (non-hydrogen) atoms. The van der Waals surface area contributed by atoms with Gasteiger partial charge >= 0.3 is 0 Å². The van der Waals surface area contributed by atoms with Crippen LogP contribution in [0.3, 0.4) is 0 Å². The van der Waals surface area contributed by atoms with Crippen LogP contribution in [0.5, 0.6) is 11.5 Å². The van der Waals surface area contributed by atoms with Crippen LogP contribution in [0, 0.1) is 0 Å². The van der Waals surface area contributed by atoms with Gasteiger partial charge in [-0.3, -0.25) is 9.59 Å². The Hall–Kier alpha value is -3.40. The second-order valence-electron chi connectivity index (χ2n) is 10.7. The number of nitrogens with zero attached hydrogens (tertiary/aromatic N) is 1. The van der Waals surface area contributed by atoms with Crippen LogP contribution < -0.4 is 14.8 Å². The molecule has 2 aromatic rings. The van der Waals surface area contributed by atoms with Gasteiger partial charge in [-0.05, 0) is 35.8 Å². The fourth-order valence-electron chi connectivity index (χ4n) is 5.78. The zero-order valence-electron chi connectivity index (χ0n) is 23.9. The quantitative estimate of drug-likeness (QED) is 0.259. The number of carbonyl (C=O) groups is 2. The highest BCUT2D eigenvalue weighted by Crippen LogP contribution is 2.51. The number of rotatable bonds is 14. The Kier molecular flexibility index (Phi) is 10.8. The molecule has 4 N–H and O–H groups in total. The number of hydrogen-bond acceptors (Lipinski definition) is 7. The second-order valence-corrected chi connectivity index (χ2v) is 10.7. The van der Waals surface area contributed by atoms with E-state index >= 15 is 0 Å². The summed E-state index contributed by atoms with van der Waals surface area (Å²) in [5, 5.41) is 33.7. The molecule has 4 rings (SSSR count). The van der Waals surface area contributed by atoms with Gasteiger partial charge in [0.05, 0.1) is 32.3 Å². The number of aliphatic hydroxyl groups is 3. The molecule has 9 heteroatoms. The van der Waals surface area contributed by atoms with Gasteiger partial charge in [0.2, 0.25) is 11.8 Å². The Balaban J connectivity index is 1.73. The van der Waals surface area contributed by atoms with Gasteiger partial charge in [-0.2, -0.15) is 0 Å². The molecule has 0 saturated carbocycles. The van der Waals surface area contributed by atoms with Gasteiger partial charge < -0.3 is 35.0 Å². The van der Waals surface area contributed by atoms with Gasteiger partial charge in [0.25, 0.3) is 0 Å². The average molecular weight is 567 g/mol. The first-order valence-corrected chi connectivity index (χ1v) is 14.5. The summed E-state index contributed by atoms with van der Waals surface area (Å²) in [4.78, 5) is 28.9. The maximum atomic E-state index is 13.7. The molecule has 0 aromatic heterocycles. The number of benzene rings is 2. The van der Waals surface area contributed by atoms with Crippen LogP contribution >= 0.6 is 0 Å². The monoisotopic (exact) mass is 566 g/mol. The van der Waals surface area contributed by atoms with Crippen molar-refractivity contribution in [3.8, 4) is 11.5 Å². The minimum atomic E-state index is -1.14. The van der Waals surface area contributed by atoms with E-state index in [1.165, 1.54) is 7.11 Å². The van der Waals surface area contributed by atoms with Crippen LogP contribution in [-0.2, 0) is 22.7 Å². The largest absolute Gasteiger partial charge is 0.493 e. The summed E-state index contributed by atoms with van der Waals surface area (Å²) in [6, 6.07) is 12.2. The summed E-state index contributed by atoms with van der Waals surface area (Å²) >= 11 is 0. The van der Waals surface area contributed by atoms with Crippen LogP contribution in [0.2, 0.25) is 0 Å². The van der Waals surface area contributed by atoms with E-state index in [-0.39, 0.29) is 32.2 Å². The van der Waals surface area contributed by atoms with Crippen molar-refractivity contribution in [3.05, 3.63) is 70.8 Å². The molecule has 2 aromatic carbocycles. The maximum absolute atomic E-state index is 13.7. The third-order valence-electron chi connectivity index (χ3n) is 7.86. The summed E-state index contributed by atoms with van der Waals surface area (Å²) in [6.45, 7) is 2.00. The Morgan fingerprint density at radius 3 is 2.49 bits per heavy atom.